The number of nitrogens with one attached hydrogen (secondary N) is 1. The van der Waals surface area contributed by atoms with E-state index in [9.17, 15) is 14.4 Å². The van der Waals surface area contributed by atoms with E-state index in [4.69, 9.17) is 10.2 Å². The minimum atomic E-state index is -1.15. The number of carbonyl (C=O) groups excluding carboxylic acids is 1. The summed E-state index contributed by atoms with van der Waals surface area (Å²) in [4.78, 5) is 32.7. The zero-order valence-electron chi connectivity index (χ0n) is 8.55. The average Bonchev–Trinajstić information content (AvgIpc) is 2.25. The van der Waals surface area contributed by atoms with E-state index in [1.807, 2.05) is 0 Å². The first-order chi connectivity index (χ1) is 7.52. The van der Waals surface area contributed by atoms with Gasteiger partial charge in [-0.25, -0.2) is 0 Å². The number of hydrogen-bond acceptors (Lipinski definition) is 3. The Morgan fingerprint density at radius 3 is 2.19 bits per heavy atom. The lowest BCUT2D eigenvalue weighted by molar-refractivity contribution is -0.147. The van der Waals surface area contributed by atoms with Gasteiger partial charge in [-0.15, -0.1) is 0 Å². The van der Waals surface area contributed by atoms with Crippen molar-refractivity contribution in [2.24, 2.45) is 11.8 Å². The molecule has 0 aromatic heterocycles. The van der Waals surface area contributed by atoms with E-state index in [0.717, 1.165) is 0 Å². The third kappa shape index (κ3) is 3.08. The zero-order chi connectivity index (χ0) is 12.1. The van der Waals surface area contributed by atoms with Crippen LogP contribution < -0.4 is 5.32 Å². The van der Waals surface area contributed by atoms with Crippen LogP contribution in [0.3, 0.4) is 0 Å². The Morgan fingerprint density at radius 1 is 1.12 bits per heavy atom. The molecule has 3 N–H and O–H groups in total. The standard InChI is InChI=1S/C10H13NO5/c12-8(13)5-11-9(14)6-3-1-2-4-7(6)10(15)16/h1-2,6-7H,3-5H2,(H,11,14)(H,12,13)(H,15,16). The third-order valence-electron chi connectivity index (χ3n) is 2.50. The van der Waals surface area contributed by atoms with E-state index in [0.29, 0.717) is 12.8 Å². The largest absolute Gasteiger partial charge is 0.481 e. The van der Waals surface area contributed by atoms with Crippen LogP contribution in [-0.2, 0) is 14.4 Å². The van der Waals surface area contributed by atoms with Crippen molar-refractivity contribution < 1.29 is 24.6 Å². The molecule has 1 amide bonds. The highest BCUT2D eigenvalue weighted by atomic mass is 16.4. The van der Waals surface area contributed by atoms with Crippen molar-refractivity contribution in [3.05, 3.63) is 12.2 Å². The fraction of sp³-hybridized carbons (Fsp3) is 0.500. The van der Waals surface area contributed by atoms with E-state index in [2.05, 4.69) is 5.32 Å². The molecule has 0 aromatic rings. The summed E-state index contributed by atoms with van der Waals surface area (Å²) in [5.41, 5.74) is 0. The zero-order valence-corrected chi connectivity index (χ0v) is 8.55. The quantitative estimate of drug-likeness (QED) is 0.579. The lowest BCUT2D eigenvalue weighted by atomic mass is 9.82. The molecule has 2 atom stereocenters. The predicted octanol–water partition coefficient (Wildman–Crippen LogP) is -0.146. The minimum Gasteiger partial charge on any atom is -0.481 e. The van der Waals surface area contributed by atoms with Crippen molar-refractivity contribution in [3.63, 3.8) is 0 Å². The molecule has 2 unspecified atom stereocenters. The van der Waals surface area contributed by atoms with E-state index < -0.39 is 36.2 Å². The molecule has 0 bridgehead atoms. The molecule has 0 saturated carbocycles. The first kappa shape index (κ1) is 12.2. The molecule has 0 radical (unpaired) electrons. The Balaban J connectivity index is 2.62. The lowest BCUT2D eigenvalue weighted by Crippen LogP contribution is -2.40. The van der Waals surface area contributed by atoms with Gasteiger partial charge >= 0.3 is 11.9 Å². The maximum Gasteiger partial charge on any atom is 0.322 e. The summed E-state index contributed by atoms with van der Waals surface area (Å²) in [5.74, 6) is -4.13. The van der Waals surface area contributed by atoms with Crippen LogP contribution in [0, 0.1) is 11.8 Å². The van der Waals surface area contributed by atoms with Crippen LogP contribution in [0.4, 0.5) is 0 Å². The molecule has 1 aliphatic carbocycles. The van der Waals surface area contributed by atoms with E-state index in [-0.39, 0.29) is 0 Å². The second-order valence-corrected chi connectivity index (χ2v) is 3.61. The van der Waals surface area contributed by atoms with Crippen LogP contribution in [0.2, 0.25) is 0 Å². The maximum atomic E-state index is 11.5. The van der Waals surface area contributed by atoms with Gasteiger partial charge < -0.3 is 15.5 Å². The normalized spacial score (nSPS) is 23.8. The summed E-state index contributed by atoms with van der Waals surface area (Å²) in [7, 11) is 0. The molecule has 0 spiro atoms. The third-order valence-corrected chi connectivity index (χ3v) is 2.50. The molecule has 6 heteroatoms. The topological polar surface area (TPSA) is 104 Å². The molecule has 88 valence electrons. The molecule has 0 heterocycles. The van der Waals surface area contributed by atoms with E-state index in [1.54, 1.807) is 12.2 Å². The molecule has 0 aromatic carbocycles. The van der Waals surface area contributed by atoms with Crippen LogP contribution in [0.5, 0.6) is 0 Å². The van der Waals surface area contributed by atoms with Gasteiger partial charge in [0.1, 0.15) is 6.54 Å². The van der Waals surface area contributed by atoms with Crippen molar-refractivity contribution in [1.82, 2.24) is 5.32 Å². The molecule has 1 rings (SSSR count). The van der Waals surface area contributed by atoms with Crippen LogP contribution in [0.1, 0.15) is 12.8 Å². The Morgan fingerprint density at radius 2 is 1.69 bits per heavy atom. The van der Waals surface area contributed by atoms with Crippen molar-refractivity contribution >= 4 is 17.8 Å². The van der Waals surface area contributed by atoms with Crippen molar-refractivity contribution in [3.8, 4) is 0 Å². The predicted molar refractivity (Wildman–Crippen MR) is 53.6 cm³/mol. The molecule has 6 nitrogen and oxygen atoms in total. The second-order valence-electron chi connectivity index (χ2n) is 3.61. The van der Waals surface area contributed by atoms with Gasteiger partial charge in [0.25, 0.3) is 0 Å². The first-order valence-electron chi connectivity index (χ1n) is 4.89. The fourth-order valence-electron chi connectivity index (χ4n) is 1.67. The summed E-state index contributed by atoms with van der Waals surface area (Å²) < 4.78 is 0. The maximum absolute atomic E-state index is 11.5. The summed E-state index contributed by atoms with van der Waals surface area (Å²) in [6, 6.07) is 0. The Kier molecular flexibility index (Phi) is 4.04. The molecule has 16 heavy (non-hydrogen) atoms. The highest BCUT2D eigenvalue weighted by molar-refractivity contribution is 5.87. The molecular formula is C10H13NO5. The van der Waals surface area contributed by atoms with Gasteiger partial charge in [-0.05, 0) is 12.8 Å². The van der Waals surface area contributed by atoms with Gasteiger partial charge in [-0.2, -0.15) is 0 Å². The Labute approximate surface area is 92.0 Å². The van der Waals surface area contributed by atoms with Crippen LogP contribution >= 0.6 is 0 Å². The number of hydrogen-bond donors (Lipinski definition) is 3. The summed E-state index contributed by atoms with van der Waals surface area (Å²) in [6.45, 7) is -0.481. The number of rotatable bonds is 4. The van der Waals surface area contributed by atoms with Crippen LogP contribution in [0.15, 0.2) is 12.2 Å². The van der Waals surface area contributed by atoms with Gasteiger partial charge in [0, 0.05) is 0 Å². The van der Waals surface area contributed by atoms with Crippen molar-refractivity contribution in [1.29, 1.82) is 0 Å². The van der Waals surface area contributed by atoms with Crippen LogP contribution in [0.25, 0.3) is 0 Å². The van der Waals surface area contributed by atoms with Gasteiger partial charge in [0.2, 0.25) is 5.91 Å². The number of aliphatic carboxylic acids is 2. The van der Waals surface area contributed by atoms with Gasteiger partial charge in [-0.3, -0.25) is 14.4 Å². The number of allylic oxidation sites excluding steroid dienone is 2. The molecule has 1 aliphatic rings. The number of carbonyl (C=O) groups is 3. The SMILES string of the molecule is O=C(O)CNC(=O)C1CC=CCC1C(=O)O. The number of carboxylic acids is 2. The molecule has 0 fully saturated rings. The minimum absolute atomic E-state index is 0.306. The average molecular weight is 227 g/mol. The van der Waals surface area contributed by atoms with E-state index >= 15 is 0 Å². The highest BCUT2D eigenvalue weighted by Gasteiger charge is 2.33. The molecular weight excluding hydrogens is 214 g/mol. The van der Waals surface area contributed by atoms with Gasteiger partial charge in [-0.1, -0.05) is 12.2 Å². The smallest absolute Gasteiger partial charge is 0.322 e. The highest BCUT2D eigenvalue weighted by Crippen LogP contribution is 2.25. The Bertz CT molecular complexity index is 336. The Hall–Kier alpha value is -1.85. The van der Waals surface area contributed by atoms with Crippen LogP contribution in [-0.4, -0.2) is 34.6 Å². The van der Waals surface area contributed by atoms with Crippen molar-refractivity contribution in [2.45, 2.75) is 12.8 Å². The molecule has 0 saturated heterocycles. The lowest BCUT2D eigenvalue weighted by Gasteiger charge is -2.23. The monoisotopic (exact) mass is 227 g/mol. The fourth-order valence-corrected chi connectivity index (χ4v) is 1.67. The van der Waals surface area contributed by atoms with Crippen molar-refractivity contribution in [2.75, 3.05) is 6.54 Å². The summed E-state index contributed by atoms with van der Waals surface area (Å²) in [6.07, 6.45) is 4.10. The summed E-state index contributed by atoms with van der Waals surface area (Å²) >= 11 is 0. The first-order valence-corrected chi connectivity index (χ1v) is 4.89. The summed E-state index contributed by atoms with van der Waals surface area (Å²) in [5, 5.41) is 19.5. The van der Waals surface area contributed by atoms with Gasteiger partial charge in [0.05, 0.1) is 11.8 Å². The molecule has 0 aliphatic heterocycles. The number of carboxylic acid groups (broad SMARTS) is 2. The number of amides is 1. The second kappa shape index (κ2) is 5.29. The van der Waals surface area contributed by atoms with Gasteiger partial charge in [0.15, 0.2) is 0 Å². The van der Waals surface area contributed by atoms with E-state index in [1.165, 1.54) is 0 Å².